The number of fused-ring (bicyclic) bond motifs is 14. The van der Waals surface area contributed by atoms with Crippen LogP contribution in [0.15, 0.2) is 145 Å². The van der Waals surface area contributed by atoms with Gasteiger partial charge in [-0.15, -0.1) is 5.06 Å². The number of amides is 6. The molecule has 149 heavy (non-hydrogen) atoms. The van der Waals surface area contributed by atoms with Crippen molar-refractivity contribution in [2.24, 2.45) is 80.8 Å². The zero-order valence-corrected chi connectivity index (χ0v) is 85.6. The molecule has 0 aromatic heterocycles. The minimum Gasteiger partial charge on any atom is -0.475 e. The Labute approximate surface area is 858 Å². The van der Waals surface area contributed by atoms with Crippen molar-refractivity contribution in [2.75, 3.05) is 71.7 Å². The van der Waals surface area contributed by atoms with Gasteiger partial charge in [0.1, 0.15) is 18.1 Å². The van der Waals surface area contributed by atoms with Crippen molar-refractivity contribution in [2.45, 2.75) is 239 Å². The molecule has 6 amide bonds. The number of ketones is 6. The quantitative estimate of drug-likeness (QED) is 0.0160. The molecule has 40 heteroatoms. The number of hydrogen-bond donors (Lipinski definition) is 6. The number of carboxylic acid groups (broad SMARTS) is 2. The lowest BCUT2D eigenvalue weighted by Gasteiger charge is -2.59. The Morgan fingerprint density at radius 1 is 0.497 bits per heavy atom. The monoisotopic (exact) mass is 2080 g/mol. The van der Waals surface area contributed by atoms with Crippen molar-refractivity contribution < 1.29 is 162 Å². The first-order chi connectivity index (χ1) is 69.8. The van der Waals surface area contributed by atoms with Gasteiger partial charge in [-0.25, -0.2) is 14.4 Å². The number of hydrogen-bond acceptors (Lipinski definition) is 28. The number of carbonyl (C=O) groups excluding carboxylic acids is 15. The molecule has 16 rings (SSSR count). The number of aliphatic carboxylic acids is 2. The number of aliphatic hydroxyl groups excluding tert-OH is 2. The van der Waals surface area contributed by atoms with E-state index in [1.807, 2.05) is 151 Å². The van der Waals surface area contributed by atoms with Gasteiger partial charge in [0.2, 0.25) is 35.2 Å². The van der Waals surface area contributed by atoms with Crippen LogP contribution >= 0.6 is 0 Å². The largest absolute Gasteiger partial charge is 0.490 e. The number of likely N-dealkylation sites (tertiary alicyclic amines) is 1. The maximum absolute atomic E-state index is 14.7. The molecule has 10 fully saturated rings. The van der Waals surface area contributed by atoms with Crippen LogP contribution in [0.4, 0.5) is 37.7 Å². The summed E-state index contributed by atoms with van der Waals surface area (Å²) in [4.78, 5) is 212. The molecule has 6 N–H and O–H groups in total. The zero-order valence-electron chi connectivity index (χ0n) is 85.6. The fraction of sp³-hybridized carbons (Fsp3) is 0.550. The average Bonchev–Trinajstić information content (AvgIpc) is 1.52. The zero-order chi connectivity index (χ0) is 110. The number of hydroxylamine groups is 2. The highest BCUT2D eigenvalue weighted by Gasteiger charge is 2.78. The molecule has 12 aliphatic rings. The number of likely N-dealkylation sites (N-methyl/N-ethyl adjacent to an activating group) is 2. The van der Waals surface area contributed by atoms with Gasteiger partial charge in [-0.2, -0.15) is 26.3 Å². The van der Waals surface area contributed by atoms with E-state index in [-0.39, 0.29) is 145 Å². The topological polar surface area (TPSA) is 473 Å². The lowest BCUT2D eigenvalue weighted by molar-refractivity contribution is -0.202. The lowest BCUT2D eigenvalue weighted by atomic mass is 9.46. The molecule has 34 nitrogen and oxygen atoms in total. The van der Waals surface area contributed by atoms with E-state index in [4.69, 9.17) is 48.2 Å². The van der Waals surface area contributed by atoms with Gasteiger partial charge in [0.15, 0.2) is 48.6 Å². The second kappa shape index (κ2) is 46.7. The smallest absolute Gasteiger partial charge is 0.475 e. The number of imide groups is 2. The van der Waals surface area contributed by atoms with E-state index >= 15 is 0 Å². The molecule has 806 valence electrons. The molecule has 0 radical (unpaired) electrons. The average molecular weight is 2090 g/mol. The highest BCUT2D eigenvalue weighted by atomic mass is 19.4. The molecule has 0 spiro atoms. The van der Waals surface area contributed by atoms with Crippen molar-refractivity contribution in [3.8, 4) is 0 Å². The molecular weight excluding hydrogens is 1960 g/mol. The highest BCUT2D eigenvalue weighted by Crippen LogP contribution is 2.73. The van der Waals surface area contributed by atoms with E-state index in [1.165, 1.54) is 0 Å². The number of allylic oxidation sites excluding steroid dienone is 8. The third kappa shape index (κ3) is 25.3. The molecule has 4 saturated heterocycles. The van der Waals surface area contributed by atoms with E-state index in [0.29, 0.717) is 55.0 Å². The second-order valence-corrected chi connectivity index (χ2v) is 42.5. The number of alkyl halides is 6. The summed E-state index contributed by atoms with van der Waals surface area (Å²) in [5.41, 5.74) is 3.43. The third-order valence-corrected chi connectivity index (χ3v) is 31.5. The molecule has 21 atom stereocenters. The van der Waals surface area contributed by atoms with Crippen LogP contribution in [-0.2, 0) is 128 Å². The lowest BCUT2D eigenvalue weighted by Crippen LogP contribution is -2.63. The number of ether oxygens (including phenoxy) is 6. The number of carbonyl (C=O) groups is 17. The molecule has 4 heterocycles. The van der Waals surface area contributed by atoms with Crippen molar-refractivity contribution in [3.63, 3.8) is 0 Å². The highest BCUT2D eigenvalue weighted by molar-refractivity contribution is 6.06. The summed E-state index contributed by atoms with van der Waals surface area (Å²) in [6.45, 7) is 18.0. The number of rotatable bonds is 30. The summed E-state index contributed by atoms with van der Waals surface area (Å²) in [6.07, 6.45) is 3.11. The van der Waals surface area contributed by atoms with Crippen LogP contribution in [0.1, 0.15) is 212 Å². The molecule has 0 unspecified atom stereocenters. The Morgan fingerprint density at radius 3 is 1.22 bits per heavy atom. The summed E-state index contributed by atoms with van der Waals surface area (Å²) in [5, 5.41) is 44.8. The number of halogens is 6. The summed E-state index contributed by atoms with van der Waals surface area (Å²) < 4.78 is 102. The fourth-order valence-electron chi connectivity index (χ4n) is 23.8. The van der Waals surface area contributed by atoms with Gasteiger partial charge in [-0.3, -0.25) is 81.8 Å². The summed E-state index contributed by atoms with van der Waals surface area (Å²) >= 11 is 0. The van der Waals surface area contributed by atoms with Crippen LogP contribution in [0.3, 0.4) is 0 Å². The van der Waals surface area contributed by atoms with Crippen molar-refractivity contribution >= 4 is 111 Å². The number of nitrogens with one attached hydrogen (secondary N) is 2. The Bertz CT molecular complexity index is 5860. The van der Waals surface area contributed by atoms with E-state index in [2.05, 4.69) is 29.3 Å². The van der Waals surface area contributed by atoms with Gasteiger partial charge in [-0.05, 0) is 193 Å². The molecular formula is C109H130F6N6O28. The van der Waals surface area contributed by atoms with Gasteiger partial charge >= 0.3 is 42.2 Å². The number of Topliss-reactive ketones (excluding diaryl/α,β-unsaturated/α-hetero) is 4. The maximum Gasteiger partial charge on any atom is 0.490 e. The van der Waals surface area contributed by atoms with Gasteiger partial charge in [0, 0.05) is 118 Å². The van der Waals surface area contributed by atoms with Crippen LogP contribution in [-0.4, -0.2) is 249 Å². The molecule has 4 aromatic rings. The van der Waals surface area contributed by atoms with Crippen molar-refractivity contribution in [3.05, 3.63) is 178 Å². The molecule has 4 aromatic carbocycles. The van der Waals surface area contributed by atoms with E-state index < -0.39 is 167 Å². The predicted octanol–water partition coefficient (Wildman–Crippen LogP) is 12.8. The molecule has 6 saturated carbocycles. The molecule has 0 bridgehead atoms. The van der Waals surface area contributed by atoms with Gasteiger partial charge < -0.3 is 64.3 Å². The summed E-state index contributed by atoms with van der Waals surface area (Å²) in [7, 11) is 7.02. The number of esters is 2. The number of aliphatic hydroxyl groups is 2. The first-order valence-electron chi connectivity index (χ1n) is 49.9. The Balaban J connectivity index is 0.000000204. The van der Waals surface area contributed by atoms with Crippen LogP contribution in [0.2, 0.25) is 0 Å². The van der Waals surface area contributed by atoms with E-state index in [0.717, 1.165) is 81.5 Å². The van der Waals surface area contributed by atoms with Crippen LogP contribution in [0.25, 0.3) is 0 Å². The maximum atomic E-state index is 14.7. The summed E-state index contributed by atoms with van der Waals surface area (Å²) in [6, 6.07) is 31.1. The number of carboxylic acids is 2. The van der Waals surface area contributed by atoms with Gasteiger partial charge in [-0.1, -0.05) is 165 Å². The van der Waals surface area contributed by atoms with Gasteiger partial charge in [0.05, 0.1) is 37.5 Å². The molecule has 8 aliphatic carbocycles. The van der Waals surface area contributed by atoms with Crippen LogP contribution < -0.4 is 10.6 Å². The standard InChI is InChI=1S/C48H60N2O9.C47H58N2O9.C10H10N2O6.2C2HF3O2/c1-8-28(2)38(52)20-29(3)44(56)49-34-11-9-10-31(22-34)21-30-12-14-32(15-13-30)45-58-41-24-37-36-17-16-33-23-35(51)18-19-46(33,4)43(36)39(53)25-47(37,5)48(41,59-45)40(54)27-57-42(55)26-50(6)7;1-27(2)37(51)19-28(3)43(55)48-33-10-8-9-30(21-33)20-29-11-13-31(14-12-29)44-57-40-23-36-35-16-15-32-22-34(50)17-18-45(32,4)42(35)38(52)24-46(36,5)47(40,58-44)39(53)26-56-41(54)25-49(6)7;13-6-1-2-7(14)11(6)5-10(17)18-12-8(15)3-4-9(12)16;2*3-2(4,5)1(6)7/h9-15,18-19,22-23,28-29,36-37,39,41,43,45,53H,8,16-17,20-21,24-27H2,1-7H3,(H,49,56);8-14,17-18,21-22,27-28,35-36,38,40,42,44,52H,15-16,19-20,23-26H2,1-7H3,(H,48,55);1-5H2;2*(H,6,7)/t28-,29-,36+,37+,39+,41-,43-,45-,46+,47+,48-;28-,35+,36+,38+,40-,42-,44-,45+,46+,47-;;;/m11.../s1. The van der Waals surface area contributed by atoms with E-state index in [9.17, 15) is 108 Å². The van der Waals surface area contributed by atoms with Gasteiger partial charge in [0.25, 0.3) is 11.8 Å². The first kappa shape index (κ1) is 115. The van der Waals surface area contributed by atoms with Crippen molar-refractivity contribution in [1.82, 2.24) is 19.8 Å². The predicted molar refractivity (Wildman–Crippen MR) is 520 cm³/mol. The Kier molecular flexibility index (Phi) is 36.1. The Morgan fingerprint density at radius 2 is 0.866 bits per heavy atom. The fourth-order valence-corrected chi connectivity index (χ4v) is 23.8. The molecule has 4 aliphatic heterocycles. The first-order valence-corrected chi connectivity index (χ1v) is 49.9. The number of benzene rings is 4. The third-order valence-electron chi connectivity index (χ3n) is 31.5. The van der Waals surface area contributed by atoms with Crippen molar-refractivity contribution in [1.29, 1.82) is 0 Å². The number of nitrogens with zero attached hydrogens (tertiary/aromatic N) is 4. The Hall–Kier alpha value is -12.3. The van der Waals surface area contributed by atoms with Crippen LogP contribution in [0.5, 0.6) is 0 Å². The van der Waals surface area contributed by atoms with Crippen LogP contribution in [0, 0.1) is 80.8 Å². The SMILES string of the molecule is CC(C)C(=O)C[C@@H](C)C(=O)Nc1cccc(Cc2ccc([C@@H]3O[C@@H]4C[C@H]5[C@@H]6CCC7=CC(=O)C=C[C@]7(C)[C@H]6[C@@H](O)C[C@]5(C)[C@]4(C(=O)COC(=O)CN(C)C)O3)cc2)c1.CC[C@@H](C)C(=O)C[C@@H](C)C(=O)Nc1cccc(Cc2ccc([C@@H]3O[C@@H]4C[C@H]5[C@@H]6CCC7=CC(=O)C=C[C@]7(C)[C@H]6[C@@H](O)C[C@]5(C)[C@]4(C(=O)COC(=O)CN(C)C)O3)cc2)c1.O=C(CN1C(=O)CCC1=O)ON1C(=O)CCC1=O.O=C(O)C(F)(F)F.O=C(O)C(F)(F)F. The van der Waals surface area contributed by atoms with E-state index in [1.54, 1.807) is 76.1 Å². The normalized spacial score (nSPS) is 29.3. The second-order valence-electron chi connectivity index (χ2n) is 42.5. The number of anilines is 2. The summed E-state index contributed by atoms with van der Waals surface area (Å²) in [5.74, 6) is -11.9. The minimum absolute atomic E-state index is 0.00626. The minimum atomic E-state index is -5.08.